The van der Waals surface area contributed by atoms with Crippen molar-refractivity contribution in [1.29, 1.82) is 0 Å². The normalized spacial score (nSPS) is 15.2. The summed E-state index contributed by atoms with van der Waals surface area (Å²) in [6.45, 7) is 3.48. The molecule has 0 spiro atoms. The lowest BCUT2D eigenvalue weighted by molar-refractivity contribution is -0.119. The minimum atomic E-state index is -0.590. The molecule has 3 N–H and O–H groups in total. The van der Waals surface area contributed by atoms with E-state index in [9.17, 15) is 9.59 Å². The lowest BCUT2D eigenvalue weighted by Crippen LogP contribution is -2.43. The third-order valence-electron chi connectivity index (χ3n) is 4.85. The Morgan fingerprint density at radius 2 is 1.87 bits per heavy atom. The molecule has 1 fully saturated rings. The summed E-state index contributed by atoms with van der Waals surface area (Å²) in [5.41, 5.74) is 6.58. The largest absolute Gasteiger partial charge is 0.493 e. The number of nitrogens with zero attached hydrogens (tertiary/aromatic N) is 1. The van der Waals surface area contributed by atoms with Crippen molar-refractivity contribution in [3.63, 3.8) is 0 Å². The fraction of sp³-hybridized carbons (Fsp3) is 0.364. The van der Waals surface area contributed by atoms with E-state index >= 15 is 0 Å². The Hall–Kier alpha value is -3.10. The number of primary amides is 1. The van der Waals surface area contributed by atoms with Gasteiger partial charge in [-0.25, -0.2) is 0 Å². The maximum Gasteiger partial charge on any atom is 0.255 e. The molecule has 3 rings (SSSR count). The third kappa shape index (κ3) is 5.95. The number of methoxy groups -OCH3 is 1. The van der Waals surface area contributed by atoms with Crippen molar-refractivity contribution >= 4 is 11.8 Å². The summed E-state index contributed by atoms with van der Waals surface area (Å²) in [7, 11) is 1.47. The molecule has 0 bridgehead atoms. The highest BCUT2D eigenvalue weighted by Crippen LogP contribution is 2.28. The van der Waals surface area contributed by atoms with Crippen LogP contribution in [0.2, 0.25) is 0 Å². The van der Waals surface area contributed by atoms with E-state index in [1.807, 2.05) is 30.3 Å². The smallest absolute Gasteiger partial charge is 0.255 e. The van der Waals surface area contributed by atoms with Gasteiger partial charge in [-0.1, -0.05) is 30.3 Å². The maximum absolute atomic E-state index is 13.0. The summed E-state index contributed by atoms with van der Waals surface area (Å²) in [4.78, 5) is 26.2. The number of benzene rings is 2. The van der Waals surface area contributed by atoms with Gasteiger partial charge in [0.2, 0.25) is 0 Å². The van der Waals surface area contributed by atoms with Crippen LogP contribution in [-0.4, -0.2) is 63.3 Å². The molecule has 160 valence electrons. The second-order valence-electron chi connectivity index (χ2n) is 6.97. The molecular weight excluding hydrogens is 386 g/mol. The number of hydrogen-bond donors (Lipinski definition) is 2. The van der Waals surface area contributed by atoms with E-state index < -0.39 is 5.91 Å². The van der Waals surface area contributed by atoms with Crippen molar-refractivity contribution in [1.82, 2.24) is 10.2 Å². The SMILES string of the molecule is COc1cc(C(=O)N[C@H](CN2CCOCC2)c2ccccc2)ccc1OCC(N)=O. The number of nitrogens with one attached hydrogen (secondary N) is 1. The van der Waals surface area contributed by atoms with E-state index in [1.165, 1.54) is 7.11 Å². The van der Waals surface area contributed by atoms with Crippen molar-refractivity contribution < 1.29 is 23.8 Å². The maximum atomic E-state index is 13.0. The molecule has 30 heavy (non-hydrogen) atoms. The van der Waals surface area contributed by atoms with Gasteiger partial charge in [-0.2, -0.15) is 0 Å². The van der Waals surface area contributed by atoms with Crippen LogP contribution in [0.25, 0.3) is 0 Å². The lowest BCUT2D eigenvalue weighted by Gasteiger charge is -2.31. The molecule has 1 heterocycles. The van der Waals surface area contributed by atoms with E-state index in [2.05, 4.69) is 10.2 Å². The summed E-state index contributed by atoms with van der Waals surface area (Å²) in [6, 6.07) is 14.5. The van der Waals surface area contributed by atoms with Crippen LogP contribution in [-0.2, 0) is 9.53 Å². The predicted molar refractivity (Wildman–Crippen MR) is 112 cm³/mol. The Morgan fingerprint density at radius 1 is 1.13 bits per heavy atom. The minimum absolute atomic E-state index is 0.173. The van der Waals surface area contributed by atoms with Crippen LogP contribution < -0.4 is 20.5 Å². The minimum Gasteiger partial charge on any atom is -0.493 e. The Labute approximate surface area is 175 Å². The highest BCUT2D eigenvalue weighted by Gasteiger charge is 2.21. The molecule has 0 saturated carbocycles. The third-order valence-corrected chi connectivity index (χ3v) is 4.85. The average Bonchev–Trinajstić information content (AvgIpc) is 2.78. The zero-order valence-corrected chi connectivity index (χ0v) is 17.0. The van der Waals surface area contributed by atoms with Gasteiger partial charge in [0, 0.05) is 25.2 Å². The highest BCUT2D eigenvalue weighted by atomic mass is 16.5. The number of amides is 2. The molecule has 0 aliphatic carbocycles. The fourth-order valence-corrected chi connectivity index (χ4v) is 3.28. The molecule has 8 heteroatoms. The average molecular weight is 413 g/mol. The van der Waals surface area contributed by atoms with Gasteiger partial charge in [0.1, 0.15) is 0 Å². The van der Waals surface area contributed by atoms with Crippen molar-refractivity contribution in [2.24, 2.45) is 5.73 Å². The first-order valence-electron chi connectivity index (χ1n) is 9.82. The molecule has 0 unspecified atom stereocenters. The molecule has 8 nitrogen and oxygen atoms in total. The van der Waals surface area contributed by atoms with E-state index in [-0.39, 0.29) is 18.6 Å². The van der Waals surface area contributed by atoms with Crippen LogP contribution in [0.15, 0.2) is 48.5 Å². The van der Waals surface area contributed by atoms with Gasteiger partial charge in [-0.3, -0.25) is 14.5 Å². The molecule has 0 radical (unpaired) electrons. The zero-order chi connectivity index (χ0) is 21.3. The van der Waals surface area contributed by atoms with Crippen LogP contribution in [0.4, 0.5) is 0 Å². The second-order valence-corrected chi connectivity index (χ2v) is 6.97. The molecule has 1 aliphatic rings. The lowest BCUT2D eigenvalue weighted by atomic mass is 10.0. The molecule has 1 atom stereocenters. The van der Waals surface area contributed by atoms with Crippen LogP contribution in [0.1, 0.15) is 22.0 Å². The van der Waals surface area contributed by atoms with E-state index in [0.29, 0.717) is 36.8 Å². The van der Waals surface area contributed by atoms with Gasteiger partial charge in [-0.05, 0) is 23.8 Å². The molecule has 2 aromatic rings. The predicted octanol–water partition coefficient (Wildman–Crippen LogP) is 1.36. The van der Waals surface area contributed by atoms with Crippen LogP contribution in [0, 0.1) is 0 Å². The van der Waals surface area contributed by atoms with Gasteiger partial charge < -0.3 is 25.3 Å². The molecule has 1 saturated heterocycles. The number of ether oxygens (including phenoxy) is 3. The fourth-order valence-electron chi connectivity index (χ4n) is 3.28. The quantitative estimate of drug-likeness (QED) is 0.644. The van der Waals surface area contributed by atoms with Gasteiger partial charge in [0.15, 0.2) is 18.1 Å². The van der Waals surface area contributed by atoms with Crippen molar-refractivity contribution in [3.05, 3.63) is 59.7 Å². The monoisotopic (exact) mass is 413 g/mol. The number of rotatable bonds is 9. The van der Waals surface area contributed by atoms with Crippen molar-refractivity contribution in [3.8, 4) is 11.5 Å². The topological polar surface area (TPSA) is 103 Å². The first-order valence-corrected chi connectivity index (χ1v) is 9.82. The van der Waals surface area contributed by atoms with Crippen molar-refractivity contribution in [2.75, 3.05) is 46.6 Å². The first kappa shape index (κ1) is 21.6. The number of carbonyl (C=O) groups is 2. The molecular formula is C22H27N3O5. The Bertz CT molecular complexity index is 853. The van der Waals surface area contributed by atoms with Gasteiger partial charge in [0.25, 0.3) is 11.8 Å². The summed E-state index contributed by atoms with van der Waals surface area (Å²) < 4.78 is 16.1. The Morgan fingerprint density at radius 3 is 2.53 bits per heavy atom. The highest BCUT2D eigenvalue weighted by molar-refractivity contribution is 5.95. The van der Waals surface area contributed by atoms with Gasteiger partial charge in [0.05, 0.1) is 26.4 Å². The van der Waals surface area contributed by atoms with Crippen molar-refractivity contribution in [2.45, 2.75) is 6.04 Å². The van der Waals surface area contributed by atoms with Gasteiger partial charge >= 0.3 is 0 Å². The Balaban J connectivity index is 1.75. The molecule has 0 aromatic heterocycles. The standard InChI is InChI=1S/C22H27N3O5/c1-28-20-13-17(7-8-19(20)30-15-21(23)26)22(27)24-18(16-5-3-2-4-6-16)14-25-9-11-29-12-10-25/h2-8,13,18H,9-12,14-15H2,1H3,(H2,23,26)(H,24,27)/t18-/m1/s1. The summed E-state index contributed by atoms with van der Waals surface area (Å²) in [6.07, 6.45) is 0. The number of hydrogen-bond acceptors (Lipinski definition) is 6. The van der Waals surface area contributed by atoms with Crippen LogP contribution >= 0.6 is 0 Å². The zero-order valence-electron chi connectivity index (χ0n) is 17.0. The van der Waals surface area contributed by atoms with E-state index in [1.54, 1.807) is 18.2 Å². The first-order chi connectivity index (χ1) is 14.6. The summed E-state index contributed by atoms with van der Waals surface area (Å²) in [5.74, 6) is -0.112. The number of nitrogens with two attached hydrogens (primary N) is 1. The molecule has 1 aliphatic heterocycles. The second kappa shape index (κ2) is 10.6. The van der Waals surface area contributed by atoms with Crippen LogP contribution in [0.5, 0.6) is 11.5 Å². The van der Waals surface area contributed by atoms with Gasteiger partial charge in [-0.15, -0.1) is 0 Å². The van der Waals surface area contributed by atoms with E-state index in [4.69, 9.17) is 19.9 Å². The number of carbonyl (C=O) groups excluding carboxylic acids is 2. The molecule has 2 amide bonds. The van der Waals surface area contributed by atoms with E-state index in [0.717, 1.165) is 18.7 Å². The molecule has 2 aromatic carbocycles. The summed E-state index contributed by atoms with van der Waals surface area (Å²) in [5, 5.41) is 3.13. The number of morpholine rings is 1. The Kier molecular flexibility index (Phi) is 7.64. The summed E-state index contributed by atoms with van der Waals surface area (Å²) >= 11 is 0. The van der Waals surface area contributed by atoms with Crippen LogP contribution in [0.3, 0.4) is 0 Å².